The molecule has 0 atom stereocenters. The molecule has 1 aliphatic rings. The van der Waals surface area contributed by atoms with Crippen LogP contribution in [0.3, 0.4) is 0 Å². The van der Waals surface area contributed by atoms with E-state index in [1.165, 1.54) is 18.3 Å². The molecule has 0 amide bonds. The number of ether oxygens (including phenoxy) is 12. The van der Waals surface area contributed by atoms with Gasteiger partial charge in [-0.15, -0.1) is 13.2 Å². The zero-order chi connectivity index (χ0) is 58.1. The van der Waals surface area contributed by atoms with Gasteiger partial charge in [0.25, 0.3) is 19.3 Å². The summed E-state index contributed by atoms with van der Waals surface area (Å²) in [5.74, 6) is 1.77. The van der Waals surface area contributed by atoms with Gasteiger partial charge in [0.1, 0.15) is 43.9 Å². The first-order chi connectivity index (χ1) is 38.1. The van der Waals surface area contributed by atoms with E-state index in [2.05, 4.69) is 52.5 Å². The number of thiazole rings is 1. The van der Waals surface area contributed by atoms with E-state index in [4.69, 9.17) is 63.2 Å². The van der Waals surface area contributed by atoms with Crippen LogP contribution in [0.4, 0.5) is 16.8 Å². The molecule has 0 spiro atoms. The number of nitrogens with zero attached hydrogens (tertiary/aromatic N) is 5. The van der Waals surface area contributed by atoms with Gasteiger partial charge in [-0.2, -0.15) is 5.06 Å². The molecule has 3 heterocycles. The van der Waals surface area contributed by atoms with Crippen LogP contribution in [0, 0.1) is 19.3 Å². The molecule has 1 aromatic carbocycles. The van der Waals surface area contributed by atoms with Crippen LogP contribution in [-0.4, -0.2) is 217 Å². The van der Waals surface area contributed by atoms with E-state index in [1.807, 2.05) is 37.1 Å². The highest BCUT2D eigenvalue weighted by atomic mass is 35.5. The molecule has 26 heteroatoms. The number of aryl methyl sites for hydroxylation is 2. The van der Waals surface area contributed by atoms with Gasteiger partial charge >= 0.3 is 5.97 Å². The summed E-state index contributed by atoms with van der Waals surface area (Å²) in [6.07, 6.45) is -1.58. The number of carbonyl (C=O) groups excluding carboxylic acids is 5. The molecule has 0 aliphatic carbocycles. The number of halogens is 1. The van der Waals surface area contributed by atoms with Crippen LogP contribution in [0.1, 0.15) is 37.7 Å². The first-order valence-corrected chi connectivity index (χ1v) is 25.3. The molecule has 4 rings (SSSR count). The zero-order valence-corrected chi connectivity index (χ0v) is 45.4. The maximum absolute atomic E-state index is 12.8. The van der Waals surface area contributed by atoms with Crippen molar-refractivity contribution >= 4 is 70.8 Å². The van der Waals surface area contributed by atoms with Crippen LogP contribution in [0.5, 0.6) is 0 Å². The van der Waals surface area contributed by atoms with Crippen LogP contribution in [0.25, 0.3) is 0 Å². The van der Waals surface area contributed by atoms with Gasteiger partial charge in [-0.1, -0.05) is 35.1 Å². The Morgan fingerprint density at radius 1 is 0.724 bits per heavy atom. The predicted molar refractivity (Wildman–Crippen MR) is 280 cm³/mol. The summed E-state index contributed by atoms with van der Waals surface area (Å²) in [5, 5.41) is 6.37. The normalized spacial score (nSPS) is 12.9. The Hall–Kier alpha value is -5.29. The second-order valence-electron chi connectivity index (χ2n) is 15.8. The fourth-order valence-electron chi connectivity index (χ4n) is 6.54. The van der Waals surface area contributed by atoms with Gasteiger partial charge in [-0.05, 0) is 31.0 Å². The van der Waals surface area contributed by atoms with Crippen LogP contribution < -0.4 is 10.2 Å². The zero-order valence-electron chi connectivity index (χ0n) is 46.8. The summed E-state index contributed by atoms with van der Waals surface area (Å²) < 4.78 is 83.2. The minimum atomic E-state index is -1.14. The lowest BCUT2D eigenvalue weighted by molar-refractivity contribution is -0.143. The molecule has 2 aromatic heterocycles. The van der Waals surface area contributed by atoms with Gasteiger partial charge < -0.3 is 71.9 Å². The average Bonchev–Trinajstić information content (AvgIpc) is 3.90. The number of benzene rings is 1. The van der Waals surface area contributed by atoms with E-state index in [9.17, 15) is 24.0 Å². The third-order valence-corrected chi connectivity index (χ3v) is 11.5. The fraction of sp³-hybridized carbons (Fsp3) is 0.600. The average molecular weight is 1120 g/mol. The van der Waals surface area contributed by atoms with Gasteiger partial charge in [0.05, 0.1) is 129 Å². The van der Waals surface area contributed by atoms with Gasteiger partial charge in [0.2, 0.25) is 0 Å². The van der Waals surface area contributed by atoms with E-state index in [0.717, 1.165) is 43.1 Å². The monoisotopic (exact) mass is 1120 g/mol. The number of nitrogens with one attached hydrogen (secondary N) is 1. The quantitative estimate of drug-likeness (QED) is 0.0211. The lowest BCUT2D eigenvalue weighted by Gasteiger charge is -2.33. The van der Waals surface area contributed by atoms with Crippen LogP contribution >= 0.6 is 22.9 Å². The predicted octanol–water partition coefficient (Wildman–Crippen LogP) is 4.05. The van der Waals surface area contributed by atoms with Gasteiger partial charge in [0.15, 0.2) is 15.0 Å². The number of hydrogen-bond donors (Lipinski definition) is 1. The lowest BCUT2D eigenvalue weighted by Crippen LogP contribution is -2.46. The standard InChI is InChI=1S/C26H46O16.C22H25ClN6O2S.C2H4/c1-25(30)42-17-16-34-5-12-38-21-26(18-35-9-2-31-6-13-39-22-27,19-36-10-3-32-7-14-40-23-28)20-37-11-4-33-8-15-41-24-29;1-14-5-4-6-17(23)16(14)11-18(30)19-13-24-22(32-19)27-20-12-21(26-15(2)25-20)28-7-9-29(31-3)10-8-28;1-2/h22-24H,2-21H2,1H3;4-6,12-13H,7-11H2,1-3H3,(H,24,25,26,27);1-2H2/i22D,23D,24D;;. The lowest BCUT2D eigenvalue weighted by atomic mass is 9.92. The first kappa shape index (κ1) is 61.6. The van der Waals surface area contributed by atoms with E-state index >= 15 is 0 Å². The number of ketones is 1. The van der Waals surface area contributed by atoms with E-state index < -0.39 is 30.7 Å². The summed E-state index contributed by atoms with van der Waals surface area (Å²) >= 11 is 7.58. The Kier molecular flexibility index (Phi) is 34.7. The van der Waals surface area contributed by atoms with Gasteiger partial charge in [-0.3, -0.25) is 24.0 Å². The molecule has 1 aliphatic heterocycles. The van der Waals surface area contributed by atoms with Crippen molar-refractivity contribution in [1.82, 2.24) is 20.0 Å². The summed E-state index contributed by atoms with van der Waals surface area (Å²) in [5.41, 5.74) is 1.05. The number of Topliss-reactive ketones (excluding diaryl/α,β-unsaturated/α-hetero) is 1. The maximum Gasteiger partial charge on any atom is 0.302 e. The molecule has 1 fully saturated rings. The van der Waals surface area contributed by atoms with Crippen molar-refractivity contribution in [3.05, 3.63) is 70.5 Å². The van der Waals surface area contributed by atoms with Crippen molar-refractivity contribution in [2.45, 2.75) is 27.2 Å². The van der Waals surface area contributed by atoms with Crippen molar-refractivity contribution in [2.24, 2.45) is 5.41 Å². The number of hydroxylamine groups is 2. The second kappa shape index (κ2) is 42.8. The smallest absolute Gasteiger partial charge is 0.302 e. The van der Waals surface area contributed by atoms with Crippen molar-refractivity contribution in [2.75, 3.05) is 176 Å². The summed E-state index contributed by atoms with van der Waals surface area (Å²) in [4.78, 5) is 76.7. The molecule has 76 heavy (non-hydrogen) atoms. The number of piperazine rings is 1. The van der Waals surface area contributed by atoms with E-state index in [0.29, 0.717) is 26.7 Å². The van der Waals surface area contributed by atoms with Crippen molar-refractivity contribution < 1.29 is 89.8 Å². The Morgan fingerprint density at radius 3 is 1.66 bits per heavy atom. The van der Waals surface area contributed by atoms with E-state index in [-0.39, 0.29) is 144 Å². The highest BCUT2D eigenvalue weighted by molar-refractivity contribution is 7.17. The van der Waals surface area contributed by atoms with Crippen molar-refractivity contribution in [1.29, 1.82) is 0 Å². The summed E-state index contributed by atoms with van der Waals surface area (Å²) in [7, 11) is 1.69. The molecule has 0 saturated carbocycles. The first-order valence-electron chi connectivity index (χ1n) is 25.6. The number of esters is 1. The molecule has 3 aromatic rings. The van der Waals surface area contributed by atoms with Crippen LogP contribution in [0.15, 0.2) is 43.6 Å². The van der Waals surface area contributed by atoms with Crippen LogP contribution in [-0.2, 0) is 87.3 Å². The minimum absolute atomic E-state index is 0.0117. The molecule has 426 valence electrons. The number of anilines is 3. The third-order valence-electron chi connectivity index (χ3n) is 10.2. The highest BCUT2D eigenvalue weighted by Crippen LogP contribution is 2.27. The largest absolute Gasteiger partial charge is 0.465 e. The number of carbonyl (C=O) groups is 5. The molecule has 0 bridgehead atoms. The van der Waals surface area contributed by atoms with Crippen molar-refractivity contribution in [3.63, 3.8) is 0 Å². The summed E-state index contributed by atoms with van der Waals surface area (Å²) in [6, 6.07) is 7.56. The molecule has 0 radical (unpaired) electrons. The van der Waals surface area contributed by atoms with Crippen molar-refractivity contribution in [3.8, 4) is 0 Å². The number of hydrogen-bond acceptors (Lipinski definition) is 25. The van der Waals surface area contributed by atoms with Gasteiger partial charge in [-0.25, -0.2) is 15.0 Å². The molecular formula is C50H75ClN6O18S. The van der Waals surface area contributed by atoms with Gasteiger partial charge in [0, 0.05) is 50.6 Å². The topological polar surface area (TPSA) is 263 Å². The third kappa shape index (κ3) is 29.9. The Morgan fingerprint density at radius 2 is 1.20 bits per heavy atom. The molecular weight excluding hydrogens is 1040 g/mol. The highest BCUT2D eigenvalue weighted by Gasteiger charge is 2.33. The Bertz CT molecular complexity index is 2070. The number of aromatic nitrogens is 3. The molecule has 0 unspecified atom stereocenters. The number of rotatable bonds is 39. The SMILES string of the molecule is C=C.CON1CCN(c2cc(Nc3ncc(C(=O)Cc4c(C)cccc4Cl)s3)nc(C)n2)CC1.[2H]C(=O)OCCOCCOCC(COCCOCCOC([2H])=O)(COCCOCCOC([2H])=O)COCCOCCOC(C)=O. The Balaban J connectivity index is 0.000000547. The molecule has 1 N–H and O–H groups in total. The minimum Gasteiger partial charge on any atom is -0.465 e. The second-order valence-corrected chi connectivity index (χ2v) is 17.3. The maximum atomic E-state index is 12.8. The molecule has 1 saturated heterocycles. The Labute approximate surface area is 457 Å². The summed E-state index contributed by atoms with van der Waals surface area (Å²) in [6.45, 7) is 17.0. The molecule has 24 nitrogen and oxygen atoms in total. The fourth-order valence-corrected chi connectivity index (χ4v) is 7.59. The van der Waals surface area contributed by atoms with Crippen LogP contribution in [0.2, 0.25) is 5.02 Å². The van der Waals surface area contributed by atoms with E-state index in [1.54, 1.807) is 19.4 Å².